The largest absolute Gasteiger partial charge is 0.507 e. The Kier molecular flexibility index (Phi) is 5.74. The van der Waals surface area contributed by atoms with Gasteiger partial charge in [-0.2, -0.15) is 5.10 Å². The van der Waals surface area contributed by atoms with Crippen LogP contribution in [0.4, 0.5) is 0 Å². The topological polar surface area (TPSA) is 70.9 Å². The van der Waals surface area contributed by atoms with Crippen molar-refractivity contribution in [3.8, 4) is 11.5 Å². The van der Waals surface area contributed by atoms with Crippen molar-refractivity contribution in [3.05, 3.63) is 59.2 Å². The van der Waals surface area contributed by atoms with Gasteiger partial charge in [0.2, 0.25) is 5.91 Å². The lowest BCUT2D eigenvalue weighted by Gasteiger charge is -2.04. The molecule has 0 radical (unpaired) electrons. The number of rotatable bonds is 6. The zero-order valence-electron chi connectivity index (χ0n) is 13.2. The smallest absolute Gasteiger partial charge is 0.244 e. The minimum atomic E-state index is -0.215. The summed E-state index contributed by atoms with van der Waals surface area (Å²) < 4.78 is 5.07. The summed E-state index contributed by atoms with van der Waals surface area (Å²) in [5.74, 6) is 0.457. The Balaban J connectivity index is 1.93. The van der Waals surface area contributed by atoms with E-state index in [2.05, 4.69) is 17.5 Å². The molecule has 5 heteroatoms. The van der Waals surface area contributed by atoms with Gasteiger partial charge in [-0.3, -0.25) is 4.79 Å². The van der Waals surface area contributed by atoms with Gasteiger partial charge in [-0.1, -0.05) is 31.2 Å². The van der Waals surface area contributed by atoms with Crippen molar-refractivity contribution in [2.45, 2.75) is 19.8 Å². The molecule has 2 N–H and O–H groups in total. The number of aromatic hydroxyl groups is 1. The van der Waals surface area contributed by atoms with Crippen LogP contribution < -0.4 is 10.2 Å². The highest BCUT2D eigenvalue weighted by atomic mass is 16.5. The number of aryl methyl sites for hydroxylation is 1. The normalized spacial score (nSPS) is 10.7. The summed E-state index contributed by atoms with van der Waals surface area (Å²) in [7, 11) is 1.54. The lowest BCUT2D eigenvalue weighted by atomic mass is 10.1. The Hall–Kier alpha value is -2.82. The number of carbonyl (C=O) groups excluding carboxylic acids is 1. The molecule has 0 fully saturated rings. The predicted octanol–water partition coefficient (Wildman–Crippen LogP) is 2.66. The highest BCUT2D eigenvalue weighted by Crippen LogP contribution is 2.20. The van der Waals surface area contributed by atoms with Gasteiger partial charge in [0, 0.05) is 5.56 Å². The van der Waals surface area contributed by atoms with E-state index in [-0.39, 0.29) is 18.1 Å². The molecule has 5 nitrogen and oxygen atoms in total. The number of carbonyl (C=O) groups is 1. The van der Waals surface area contributed by atoms with Gasteiger partial charge in [-0.25, -0.2) is 5.43 Å². The van der Waals surface area contributed by atoms with Gasteiger partial charge >= 0.3 is 0 Å². The lowest BCUT2D eigenvalue weighted by molar-refractivity contribution is -0.120. The Morgan fingerprint density at radius 3 is 2.57 bits per heavy atom. The summed E-state index contributed by atoms with van der Waals surface area (Å²) in [4.78, 5) is 11.9. The standard InChI is InChI=1S/C18H20N2O3/c1-3-13-4-6-14(7-5-13)10-18(22)20-19-12-15-11-16(23-2)8-9-17(15)21/h4-9,11-12,21H,3,10H2,1-2H3,(H,20,22)/b19-12+. The zero-order valence-corrected chi connectivity index (χ0v) is 13.2. The van der Waals surface area contributed by atoms with Crippen molar-refractivity contribution in [1.29, 1.82) is 0 Å². The first-order chi connectivity index (χ1) is 11.1. The van der Waals surface area contributed by atoms with Crippen LogP contribution in [-0.2, 0) is 17.6 Å². The molecule has 0 heterocycles. The average molecular weight is 312 g/mol. The molecule has 0 bridgehead atoms. The van der Waals surface area contributed by atoms with Crippen LogP contribution in [0.25, 0.3) is 0 Å². The van der Waals surface area contributed by atoms with Crippen LogP contribution >= 0.6 is 0 Å². The summed E-state index contributed by atoms with van der Waals surface area (Å²) in [6.07, 6.45) is 2.61. The molecule has 0 aliphatic carbocycles. The van der Waals surface area contributed by atoms with Crippen LogP contribution in [0.2, 0.25) is 0 Å². The number of phenolic OH excluding ortho intramolecular Hbond substituents is 1. The highest BCUT2D eigenvalue weighted by molar-refractivity contribution is 5.86. The second kappa shape index (κ2) is 7.98. The Morgan fingerprint density at radius 2 is 1.91 bits per heavy atom. The molecule has 23 heavy (non-hydrogen) atoms. The summed E-state index contributed by atoms with van der Waals surface area (Å²) in [6.45, 7) is 2.09. The molecule has 0 unspecified atom stereocenters. The maximum Gasteiger partial charge on any atom is 0.244 e. The van der Waals surface area contributed by atoms with Crippen molar-refractivity contribution in [3.63, 3.8) is 0 Å². The number of hydrogen-bond donors (Lipinski definition) is 2. The third kappa shape index (κ3) is 4.85. The quantitative estimate of drug-likeness (QED) is 0.636. The number of hydrogen-bond acceptors (Lipinski definition) is 4. The van der Waals surface area contributed by atoms with Crippen molar-refractivity contribution in [2.75, 3.05) is 7.11 Å². The number of methoxy groups -OCH3 is 1. The molecule has 120 valence electrons. The fraction of sp³-hybridized carbons (Fsp3) is 0.222. The molecule has 0 aliphatic heterocycles. The number of phenols is 1. The second-order valence-electron chi connectivity index (χ2n) is 5.06. The van der Waals surface area contributed by atoms with E-state index in [9.17, 15) is 9.90 Å². The van der Waals surface area contributed by atoms with Crippen LogP contribution in [0.15, 0.2) is 47.6 Å². The monoisotopic (exact) mass is 312 g/mol. The van der Waals surface area contributed by atoms with Gasteiger partial charge in [0.25, 0.3) is 0 Å². The minimum absolute atomic E-state index is 0.0685. The Bertz CT molecular complexity index is 694. The van der Waals surface area contributed by atoms with E-state index in [1.165, 1.54) is 17.8 Å². The molecular weight excluding hydrogens is 292 g/mol. The van der Waals surface area contributed by atoms with E-state index in [0.717, 1.165) is 12.0 Å². The second-order valence-corrected chi connectivity index (χ2v) is 5.06. The number of ether oxygens (including phenoxy) is 1. The summed E-state index contributed by atoms with van der Waals surface area (Å²) in [6, 6.07) is 12.7. The van der Waals surface area contributed by atoms with E-state index in [0.29, 0.717) is 11.3 Å². The fourth-order valence-corrected chi connectivity index (χ4v) is 2.05. The van der Waals surface area contributed by atoms with Gasteiger partial charge in [-0.15, -0.1) is 0 Å². The van der Waals surface area contributed by atoms with Gasteiger partial charge in [-0.05, 0) is 35.7 Å². The van der Waals surface area contributed by atoms with Gasteiger partial charge in [0.15, 0.2) is 0 Å². The molecule has 0 saturated carbocycles. The number of nitrogens with one attached hydrogen (secondary N) is 1. The van der Waals surface area contributed by atoms with Gasteiger partial charge < -0.3 is 9.84 Å². The van der Waals surface area contributed by atoms with Gasteiger partial charge in [0.05, 0.1) is 19.7 Å². The van der Waals surface area contributed by atoms with Crippen LogP contribution in [0.1, 0.15) is 23.6 Å². The van der Waals surface area contributed by atoms with Crippen molar-refractivity contribution in [2.24, 2.45) is 5.10 Å². The molecule has 0 spiro atoms. The predicted molar refractivity (Wildman–Crippen MR) is 89.9 cm³/mol. The Morgan fingerprint density at radius 1 is 1.22 bits per heavy atom. The summed E-state index contributed by atoms with van der Waals surface area (Å²) >= 11 is 0. The molecule has 2 rings (SSSR count). The number of nitrogens with zero attached hydrogens (tertiary/aromatic N) is 1. The van der Waals surface area contributed by atoms with E-state index in [1.54, 1.807) is 19.2 Å². The van der Waals surface area contributed by atoms with E-state index in [1.807, 2.05) is 24.3 Å². The molecule has 1 amide bonds. The van der Waals surface area contributed by atoms with E-state index in [4.69, 9.17) is 4.74 Å². The average Bonchev–Trinajstić information content (AvgIpc) is 2.57. The lowest BCUT2D eigenvalue weighted by Crippen LogP contribution is -2.19. The molecule has 2 aromatic rings. The molecule has 0 saturated heterocycles. The van der Waals surface area contributed by atoms with Crippen LogP contribution in [-0.4, -0.2) is 24.3 Å². The third-order valence-electron chi connectivity index (χ3n) is 3.42. The van der Waals surface area contributed by atoms with E-state index >= 15 is 0 Å². The van der Waals surface area contributed by atoms with Crippen LogP contribution in [0, 0.1) is 0 Å². The molecule has 0 aliphatic rings. The highest BCUT2D eigenvalue weighted by Gasteiger charge is 2.03. The van der Waals surface area contributed by atoms with Crippen molar-refractivity contribution < 1.29 is 14.6 Å². The summed E-state index contributed by atoms with van der Waals surface area (Å²) in [5.41, 5.74) is 5.09. The molecule has 2 aromatic carbocycles. The van der Waals surface area contributed by atoms with E-state index < -0.39 is 0 Å². The van der Waals surface area contributed by atoms with Crippen molar-refractivity contribution >= 4 is 12.1 Å². The fourth-order valence-electron chi connectivity index (χ4n) is 2.05. The van der Waals surface area contributed by atoms with Crippen LogP contribution in [0.3, 0.4) is 0 Å². The first kappa shape index (κ1) is 16.5. The summed E-state index contributed by atoms with van der Waals surface area (Å²) in [5, 5.41) is 13.6. The Labute approximate surface area is 135 Å². The third-order valence-corrected chi connectivity index (χ3v) is 3.42. The first-order valence-electron chi connectivity index (χ1n) is 7.39. The SMILES string of the molecule is CCc1ccc(CC(=O)N/N=C/c2cc(OC)ccc2O)cc1. The first-order valence-corrected chi connectivity index (χ1v) is 7.39. The van der Waals surface area contributed by atoms with Crippen molar-refractivity contribution in [1.82, 2.24) is 5.43 Å². The zero-order chi connectivity index (χ0) is 16.7. The maximum atomic E-state index is 11.9. The molecular formula is C18H20N2O3. The molecule has 0 aromatic heterocycles. The number of benzene rings is 2. The molecule has 0 atom stereocenters. The minimum Gasteiger partial charge on any atom is -0.507 e. The van der Waals surface area contributed by atoms with Crippen LogP contribution in [0.5, 0.6) is 11.5 Å². The number of hydrazone groups is 1. The number of amides is 1. The van der Waals surface area contributed by atoms with Gasteiger partial charge in [0.1, 0.15) is 11.5 Å². The maximum absolute atomic E-state index is 11.9.